The van der Waals surface area contributed by atoms with E-state index in [4.69, 9.17) is 9.47 Å². The Hall–Kier alpha value is -1.96. The molecule has 0 aromatic heterocycles. The van der Waals surface area contributed by atoms with E-state index < -0.39 is 18.5 Å². The highest BCUT2D eigenvalue weighted by molar-refractivity contribution is 5.77. The molecule has 1 aromatic carbocycles. The Labute approximate surface area is 150 Å². The van der Waals surface area contributed by atoms with E-state index in [1.165, 1.54) is 0 Å². The topological polar surface area (TPSA) is 50.8 Å². The van der Waals surface area contributed by atoms with Gasteiger partial charge < -0.3 is 19.7 Å². The minimum Gasteiger partial charge on any atom is -0.486 e. The average Bonchev–Trinajstić information content (AvgIpc) is 3.06. The van der Waals surface area contributed by atoms with Gasteiger partial charge in [0.05, 0.1) is 0 Å². The first kappa shape index (κ1) is 18.8. The van der Waals surface area contributed by atoms with Gasteiger partial charge in [0.15, 0.2) is 11.5 Å². The van der Waals surface area contributed by atoms with Crippen LogP contribution in [-0.2, 0) is 11.2 Å². The SMILES string of the molecule is O=C(CC(F)(F)F)N[C@@H](Cc1ccc2c(c1)OCCO2)CN1CCCC1. The summed E-state index contributed by atoms with van der Waals surface area (Å²) in [5.41, 5.74) is 0.894. The van der Waals surface area contributed by atoms with E-state index >= 15 is 0 Å². The number of hydrogen-bond donors (Lipinski definition) is 1. The van der Waals surface area contributed by atoms with Gasteiger partial charge in [0.25, 0.3) is 0 Å². The molecule has 5 nitrogen and oxygen atoms in total. The molecule has 144 valence electrons. The van der Waals surface area contributed by atoms with Crippen molar-refractivity contribution in [2.75, 3.05) is 32.8 Å². The van der Waals surface area contributed by atoms with E-state index in [0.29, 0.717) is 37.7 Å². The molecule has 8 heteroatoms. The fourth-order valence-corrected chi connectivity index (χ4v) is 3.40. The Balaban J connectivity index is 1.67. The largest absolute Gasteiger partial charge is 0.486 e. The van der Waals surface area contributed by atoms with Crippen LogP contribution in [0.3, 0.4) is 0 Å². The second-order valence-electron chi connectivity index (χ2n) is 6.75. The highest BCUT2D eigenvalue weighted by Gasteiger charge is 2.32. The van der Waals surface area contributed by atoms with Gasteiger partial charge in [-0.3, -0.25) is 4.79 Å². The molecule has 0 spiro atoms. The van der Waals surface area contributed by atoms with Crippen molar-refractivity contribution in [1.82, 2.24) is 10.2 Å². The summed E-state index contributed by atoms with van der Waals surface area (Å²) in [5, 5.41) is 2.56. The zero-order valence-electron chi connectivity index (χ0n) is 14.5. The summed E-state index contributed by atoms with van der Waals surface area (Å²) in [4.78, 5) is 13.9. The number of nitrogens with one attached hydrogen (secondary N) is 1. The zero-order valence-corrected chi connectivity index (χ0v) is 14.5. The molecule has 0 radical (unpaired) electrons. The van der Waals surface area contributed by atoms with Crippen LogP contribution < -0.4 is 14.8 Å². The molecular weight excluding hydrogens is 349 g/mol. The molecule has 2 aliphatic rings. The molecule has 3 rings (SSSR count). The van der Waals surface area contributed by atoms with Crippen LogP contribution in [0.5, 0.6) is 11.5 Å². The van der Waals surface area contributed by atoms with Crippen molar-refractivity contribution in [3.05, 3.63) is 23.8 Å². The third-order valence-corrected chi connectivity index (χ3v) is 4.49. The van der Waals surface area contributed by atoms with E-state index in [9.17, 15) is 18.0 Å². The smallest absolute Gasteiger partial charge is 0.397 e. The van der Waals surface area contributed by atoms with Crippen LogP contribution in [0.4, 0.5) is 13.2 Å². The fraction of sp³-hybridized carbons (Fsp3) is 0.611. The Morgan fingerprint density at radius 1 is 1.15 bits per heavy atom. The third kappa shape index (κ3) is 5.52. The molecule has 1 saturated heterocycles. The molecule has 1 atom stereocenters. The van der Waals surface area contributed by atoms with Gasteiger partial charge in [0, 0.05) is 12.6 Å². The number of carbonyl (C=O) groups is 1. The molecule has 0 aliphatic carbocycles. The number of amides is 1. The van der Waals surface area contributed by atoms with Crippen LogP contribution in [0.25, 0.3) is 0 Å². The number of halogens is 3. The van der Waals surface area contributed by atoms with Gasteiger partial charge in [-0.25, -0.2) is 0 Å². The minimum atomic E-state index is -4.50. The molecule has 2 aliphatic heterocycles. The van der Waals surface area contributed by atoms with Crippen molar-refractivity contribution in [2.24, 2.45) is 0 Å². The molecule has 0 saturated carbocycles. The molecule has 1 aromatic rings. The Morgan fingerprint density at radius 3 is 2.54 bits per heavy atom. The summed E-state index contributed by atoms with van der Waals surface area (Å²) >= 11 is 0. The number of likely N-dealkylation sites (tertiary alicyclic amines) is 1. The second kappa shape index (κ2) is 8.16. The summed E-state index contributed by atoms with van der Waals surface area (Å²) in [6.45, 7) is 3.32. The number of carbonyl (C=O) groups excluding carboxylic acids is 1. The second-order valence-corrected chi connectivity index (χ2v) is 6.75. The first-order valence-electron chi connectivity index (χ1n) is 8.86. The molecule has 0 unspecified atom stereocenters. The Morgan fingerprint density at radius 2 is 1.85 bits per heavy atom. The lowest BCUT2D eigenvalue weighted by atomic mass is 10.0. The Kier molecular flexibility index (Phi) is 5.90. The van der Waals surface area contributed by atoms with Gasteiger partial charge in [-0.2, -0.15) is 13.2 Å². The van der Waals surface area contributed by atoms with Crippen LogP contribution in [-0.4, -0.2) is 55.9 Å². The van der Waals surface area contributed by atoms with Crippen LogP contribution >= 0.6 is 0 Å². The van der Waals surface area contributed by atoms with Crippen molar-refractivity contribution in [3.8, 4) is 11.5 Å². The number of fused-ring (bicyclic) bond motifs is 1. The van der Waals surface area contributed by atoms with Crippen molar-refractivity contribution in [1.29, 1.82) is 0 Å². The van der Waals surface area contributed by atoms with E-state index in [1.807, 2.05) is 12.1 Å². The highest BCUT2D eigenvalue weighted by atomic mass is 19.4. The van der Waals surface area contributed by atoms with E-state index in [1.54, 1.807) is 6.07 Å². The molecule has 2 heterocycles. The predicted molar refractivity (Wildman–Crippen MR) is 89.4 cm³/mol. The third-order valence-electron chi connectivity index (χ3n) is 4.49. The van der Waals surface area contributed by atoms with Gasteiger partial charge >= 0.3 is 6.18 Å². The van der Waals surface area contributed by atoms with Crippen LogP contribution in [0.2, 0.25) is 0 Å². The number of nitrogens with zero attached hydrogens (tertiary/aromatic N) is 1. The number of benzene rings is 1. The van der Waals surface area contributed by atoms with Crippen LogP contribution in [0, 0.1) is 0 Å². The van der Waals surface area contributed by atoms with Crippen molar-refractivity contribution in [3.63, 3.8) is 0 Å². The quantitative estimate of drug-likeness (QED) is 0.834. The van der Waals surface area contributed by atoms with Crippen molar-refractivity contribution >= 4 is 5.91 Å². The normalized spacial score (nSPS) is 18.6. The van der Waals surface area contributed by atoms with Crippen molar-refractivity contribution in [2.45, 2.75) is 37.9 Å². The summed E-state index contributed by atoms with van der Waals surface area (Å²) < 4.78 is 48.5. The predicted octanol–water partition coefficient (Wildman–Crippen LogP) is 2.53. The molecular formula is C18H23F3N2O3. The molecule has 0 bridgehead atoms. The van der Waals surface area contributed by atoms with Gasteiger partial charge in [-0.15, -0.1) is 0 Å². The first-order chi connectivity index (χ1) is 12.4. The summed E-state index contributed by atoms with van der Waals surface area (Å²) in [7, 11) is 0. The van der Waals surface area contributed by atoms with Gasteiger partial charge in [0.1, 0.15) is 19.6 Å². The van der Waals surface area contributed by atoms with Gasteiger partial charge in [0.2, 0.25) is 5.91 Å². The minimum absolute atomic E-state index is 0.384. The monoisotopic (exact) mass is 372 g/mol. The summed E-state index contributed by atoms with van der Waals surface area (Å²) in [6, 6.07) is 5.11. The maximum Gasteiger partial charge on any atom is 0.397 e. The number of hydrogen-bond acceptors (Lipinski definition) is 4. The maximum absolute atomic E-state index is 12.5. The van der Waals surface area contributed by atoms with Gasteiger partial charge in [-0.1, -0.05) is 6.07 Å². The van der Waals surface area contributed by atoms with Crippen molar-refractivity contribution < 1.29 is 27.4 Å². The lowest BCUT2D eigenvalue weighted by molar-refractivity contribution is -0.154. The zero-order chi connectivity index (χ0) is 18.6. The molecule has 1 fully saturated rings. The summed E-state index contributed by atoms with van der Waals surface area (Å²) in [6.07, 6.45) is -3.36. The van der Waals surface area contributed by atoms with E-state index in [-0.39, 0.29) is 6.04 Å². The van der Waals surface area contributed by atoms with Crippen LogP contribution in [0.15, 0.2) is 18.2 Å². The molecule has 1 N–H and O–H groups in total. The first-order valence-corrected chi connectivity index (χ1v) is 8.86. The number of alkyl halides is 3. The lowest BCUT2D eigenvalue weighted by Gasteiger charge is -2.25. The van der Waals surface area contributed by atoms with E-state index in [0.717, 1.165) is 31.5 Å². The van der Waals surface area contributed by atoms with Gasteiger partial charge in [-0.05, 0) is 50.0 Å². The molecule has 1 amide bonds. The average molecular weight is 372 g/mol. The number of rotatable bonds is 6. The summed E-state index contributed by atoms with van der Waals surface area (Å²) in [5.74, 6) is 0.312. The molecule has 26 heavy (non-hydrogen) atoms. The standard InChI is InChI=1S/C18H23F3N2O3/c19-18(20,21)11-17(24)22-14(12-23-5-1-2-6-23)9-13-3-4-15-16(10-13)26-8-7-25-15/h3-4,10,14H,1-2,5-9,11-12H2,(H,22,24)/t14-/m0/s1. The lowest BCUT2D eigenvalue weighted by Crippen LogP contribution is -2.45. The number of ether oxygens (including phenoxy) is 2. The van der Waals surface area contributed by atoms with E-state index in [2.05, 4.69) is 10.2 Å². The highest BCUT2D eigenvalue weighted by Crippen LogP contribution is 2.31. The maximum atomic E-state index is 12.5. The fourth-order valence-electron chi connectivity index (χ4n) is 3.40. The Bertz CT molecular complexity index is 631. The van der Waals surface area contributed by atoms with Crippen LogP contribution in [0.1, 0.15) is 24.8 Å².